The largest absolute Gasteiger partial charge is 0.399 e. The highest BCUT2D eigenvalue weighted by Crippen LogP contribution is 2.20. The Balaban J connectivity index is 2.03. The molecule has 3 nitrogen and oxygen atoms in total. The molecule has 0 radical (unpaired) electrons. The van der Waals surface area contributed by atoms with Crippen molar-refractivity contribution in [2.24, 2.45) is 0 Å². The van der Waals surface area contributed by atoms with E-state index in [0.717, 1.165) is 27.2 Å². The lowest BCUT2D eigenvalue weighted by molar-refractivity contribution is 0.712. The highest BCUT2D eigenvalue weighted by atomic mass is 35.5. The molecule has 0 aliphatic carbocycles. The molecule has 1 heterocycles. The molecule has 0 saturated carbocycles. The van der Waals surface area contributed by atoms with E-state index in [9.17, 15) is 0 Å². The van der Waals surface area contributed by atoms with E-state index in [2.05, 4.69) is 5.10 Å². The summed E-state index contributed by atoms with van der Waals surface area (Å²) in [7, 11) is 0. The van der Waals surface area contributed by atoms with Gasteiger partial charge < -0.3 is 5.73 Å². The Bertz CT molecular complexity index is 703. The van der Waals surface area contributed by atoms with Gasteiger partial charge in [0.15, 0.2) is 0 Å². The molecule has 0 unspecified atom stereocenters. The molecule has 1 aromatic heterocycles. The standard InChI is InChI=1S/C14H12ClN3/c15-13-4-2-1-3-10(13)9-18-14-6-5-12(16)7-11(14)8-17-18/h1-8H,9,16H2. The van der Waals surface area contributed by atoms with Gasteiger partial charge in [0, 0.05) is 16.1 Å². The molecule has 3 rings (SSSR count). The molecule has 0 aliphatic heterocycles. The minimum Gasteiger partial charge on any atom is -0.399 e. The first kappa shape index (κ1) is 11.1. The van der Waals surface area contributed by atoms with Crippen molar-refractivity contribution in [2.45, 2.75) is 6.54 Å². The monoisotopic (exact) mass is 257 g/mol. The molecule has 2 aromatic carbocycles. The van der Waals surface area contributed by atoms with Crippen molar-refractivity contribution >= 4 is 28.2 Å². The molecule has 0 spiro atoms. The molecule has 18 heavy (non-hydrogen) atoms. The molecule has 0 bridgehead atoms. The summed E-state index contributed by atoms with van der Waals surface area (Å²) in [5.41, 5.74) is 8.62. The highest BCUT2D eigenvalue weighted by Gasteiger charge is 2.05. The van der Waals surface area contributed by atoms with Crippen molar-refractivity contribution in [3.63, 3.8) is 0 Å². The first-order valence-electron chi connectivity index (χ1n) is 5.68. The Labute approximate surface area is 110 Å². The summed E-state index contributed by atoms with van der Waals surface area (Å²) >= 11 is 6.16. The summed E-state index contributed by atoms with van der Waals surface area (Å²) in [5, 5.41) is 6.18. The number of fused-ring (bicyclic) bond motifs is 1. The van der Waals surface area contributed by atoms with Crippen LogP contribution in [0.25, 0.3) is 10.9 Å². The van der Waals surface area contributed by atoms with E-state index in [1.54, 1.807) is 0 Å². The zero-order chi connectivity index (χ0) is 12.5. The van der Waals surface area contributed by atoms with Crippen molar-refractivity contribution in [1.29, 1.82) is 0 Å². The summed E-state index contributed by atoms with van der Waals surface area (Å²) in [6.07, 6.45) is 1.82. The summed E-state index contributed by atoms with van der Waals surface area (Å²) in [6.45, 7) is 0.660. The maximum atomic E-state index is 6.16. The number of benzene rings is 2. The van der Waals surface area contributed by atoms with E-state index in [1.807, 2.05) is 53.3 Å². The molecule has 2 N–H and O–H groups in total. The number of nitrogen functional groups attached to an aromatic ring is 1. The SMILES string of the molecule is Nc1ccc2c(cnn2Cc2ccccc2Cl)c1. The zero-order valence-electron chi connectivity index (χ0n) is 9.68. The predicted octanol–water partition coefficient (Wildman–Crippen LogP) is 3.32. The molecule has 4 heteroatoms. The van der Waals surface area contributed by atoms with Crippen molar-refractivity contribution < 1.29 is 0 Å². The molecule has 0 atom stereocenters. The smallest absolute Gasteiger partial charge is 0.0687 e. The van der Waals surface area contributed by atoms with E-state index in [1.165, 1.54) is 0 Å². The highest BCUT2D eigenvalue weighted by molar-refractivity contribution is 6.31. The third-order valence-electron chi connectivity index (χ3n) is 2.94. The normalized spacial score (nSPS) is 10.9. The molecule has 0 saturated heterocycles. The van der Waals surface area contributed by atoms with Gasteiger partial charge in [0.2, 0.25) is 0 Å². The molecule has 0 aliphatic rings. The summed E-state index contributed by atoms with van der Waals surface area (Å²) in [5.74, 6) is 0. The molecular weight excluding hydrogens is 246 g/mol. The lowest BCUT2D eigenvalue weighted by Gasteiger charge is -2.06. The van der Waals surface area contributed by atoms with Crippen LogP contribution in [-0.4, -0.2) is 9.78 Å². The van der Waals surface area contributed by atoms with Gasteiger partial charge in [-0.05, 0) is 29.8 Å². The van der Waals surface area contributed by atoms with Gasteiger partial charge in [0.05, 0.1) is 18.3 Å². The second-order valence-corrected chi connectivity index (χ2v) is 4.62. The molecule has 0 fully saturated rings. The lowest BCUT2D eigenvalue weighted by atomic mass is 10.2. The van der Waals surface area contributed by atoms with Crippen LogP contribution in [-0.2, 0) is 6.54 Å². The third kappa shape index (κ3) is 1.93. The molecular formula is C14H12ClN3. The van der Waals surface area contributed by atoms with Crippen molar-refractivity contribution in [2.75, 3.05) is 5.73 Å². The van der Waals surface area contributed by atoms with Gasteiger partial charge in [-0.25, -0.2) is 0 Å². The van der Waals surface area contributed by atoms with Crippen LogP contribution in [0, 0.1) is 0 Å². The molecule has 0 amide bonds. The fraction of sp³-hybridized carbons (Fsp3) is 0.0714. The van der Waals surface area contributed by atoms with Gasteiger partial charge >= 0.3 is 0 Å². The van der Waals surface area contributed by atoms with Gasteiger partial charge in [-0.3, -0.25) is 4.68 Å². The third-order valence-corrected chi connectivity index (χ3v) is 3.31. The quantitative estimate of drug-likeness (QED) is 0.716. The fourth-order valence-electron chi connectivity index (χ4n) is 2.02. The Morgan fingerprint density at radius 2 is 2.00 bits per heavy atom. The number of nitrogens with zero attached hydrogens (tertiary/aromatic N) is 2. The Kier molecular flexibility index (Phi) is 2.68. The second-order valence-electron chi connectivity index (χ2n) is 4.21. The van der Waals surface area contributed by atoms with Crippen LogP contribution >= 0.6 is 11.6 Å². The van der Waals surface area contributed by atoms with Crippen LogP contribution in [0.15, 0.2) is 48.7 Å². The van der Waals surface area contributed by atoms with Gasteiger partial charge in [-0.15, -0.1) is 0 Å². The number of nitrogens with two attached hydrogens (primary N) is 1. The summed E-state index contributed by atoms with van der Waals surface area (Å²) in [4.78, 5) is 0. The van der Waals surface area contributed by atoms with Crippen LogP contribution in [0.4, 0.5) is 5.69 Å². The van der Waals surface area contributed by atoms with Crippen LogP contribution in [0.2, 0.25) is 5.02 Å². The van der Waals surface area contributed by atoms with Crippen LogP contribution < -0.4 is 5.73 Å². The number of halogens is 1. The lowest BCUT2D eigenvalue weighted by Crippen LogP contribution is -2.01. The average Bonchev–Trinajstić information content (AvgIpc) is 2.74. The van der Waals surface area contributed by atoms with Crippen molar-refractivity contribution in [1.82, 2.24) is 9.78 Å². The second kappa shape index (κ2) is 4.35. The zero-order valence-corrected chi connectivity index (χ0v) is 10.4. The van der Waals surface area contributed by atoms with Gasteiger partial charge in [-0.1, -0.05) is 29.8 Å². The molecule has 3 aromatic rings. The maximum absolute atomic E-state index is 6.16. The Morgan fingerprint density at radius 3 is 2.83 bits per heavy atom. The van der Waals surface area contributed by atoms with E-state index in [0.29, 0.717) is 6.54 Å². The molecule has 90 valence electrons. The van der Waals surface area contributed by atoms with E-state index in [-0.39, 0.29) is 0 Å². The Morgan fingerprint density at radius 1 is 1.17 bits per heavy atom. The topological polar surface area (TPSA) is 43.8 Å². The van der Waals surface area contributed by atoms with Crippen molar-refractivity contribution in [3.8, 4) is 0 Å². The number of aromatic nitrogens is 2. The van der Waals surface area contributed by atoms with Gasteiger partial charge in [0.25, 0.3) is 0 Å². The van der Waals surface area contributed by atoms with E-state index >= 15 is 0 Å². The van der Waals surface area contributed by atoms with Crippen molar-refractivity contribution in [3.05, 3.63) is 59.2 Å². The van der Waals surface area contributed by atoms with E-state index < -0.39 is 0 Å². The van der Waals surface area contributed by atoms with Gasteiger partial charge in [0.1, 0.15) is 0 Å². The van der Waals surface area contributed by atoms with Gasteiger partial charge in [-0.2, -0.15) is 5.10 Å². The minimum atomic E-state index is 0.660. The first-order chi connectivity index (χ1) is 8.74. The van der Waals surface area contributed by atoms with Crippen LogP contribution in [0.1, 0.15) is 5.56 Å². The first-order valence-corrected chi connectivity index (χ1v) is 6.06. The average molecular weight is 258 g/mol. The number of hydrogen-bond donors (Lipinski definition) is 1. The number of anilines is 1. The Hall–Kier alpha value is -2.00. The fourth-order valence-corrected chi connectivity index (χ4v) is 2.22. The number of hydrogen-bond acceptors (Lipinski definition) is 2. The van der Waals surface area contributed by atoms with Crippen LogP contribution in [0.5, 0.6) is 0 Å². The maximum Gasteiger partial charge on any atom is 0.0687 e. The predicted molar refractivity (Wildman–Crippen MR) is 74.7 cm³/mol. The van der Waals surface area contributed by atoms with Crippen LogP contribution in [0.3, 0.4) is 0 Å². The minimum absolute atomic E-state index is 0.660. The summed E-state index contributed by atoms with van der Waals surface area (Å²) in [6, 6.07) is 13.6. The van der Waals surface area contributed by atoms with E-state index in [4.69, 9.17) is 17.3 Å². The number of rotatable bonds is 2. The summed E-state index contributed by atoms with van der Waals surface area (Å²) < 4.78 is 1.93.